The van der Waals surface area contributed by atoms with E-state index < -0.39 is 23.8 Å². The lowest BCUT2D eigenvalue weighted by molar-refractivity contribution is -0.163. The average molecular weight is 548 g/mol. The largest absolute Gasteiger partial charge is 0.503 e. The molecule has 7 nitrogen and oxygen atoms in total. The zero-order valence-electron chi connectivity index (χ0n) is 23.9. The average Bonchev–Trinajstić information content (AvgIpc) is 2.97. The quantitative estimate of drug-likeness (QED) is 0.129. The van der Waals surface area contributed by atoms with Crippen molar-refractivity contribution in [3.05, 3.63) is 89.7 Å². The molecule has 0 unspecified atom stereocenters. The topological polar surface area (TPSA) is 95.0 Å². The number of ketones is 1. The van der Waals surface area contributed by atoms with Gasteiger partial charge in [-0.1, -0.05) is 80.9 Å². The molecule has 3 aromatic rings. The lowest BCUT2D eigenvalue weighted by Gasteiger charge is -2.32. The van der Waals surface area contributed by atoms with Crippen molar-refractivity contribution < 1.29 is 28.9 Å². The summed E-state index contributed by atoms with van der Waals surface area (Å²) in [5.74, 6) is -1.72. The van der Waals surface area contributed by atoms with Crippen LogP contribution in [0.15, 0.2) is 72.9 Å². The zero-order chi connectivity index (χ0) is 28.9. The van der Waals surface area contributed by atoms with Gasteiger partial charge in [-0.05, 0) is 43.2 Å². The van der Waals surface area contributed by atoms with Crippen LogP contribution in [0.2, 0.25) is 0 Å². The number of hydrogen-bond donors (Lipinski definition) is 1. The molecular formula is C33H41NO6. The van der Waals surface area contributed by atoms with Crippen molar-refractivity contribution in [2.24, 2.45) is 11.8 Å². The Morgan fingerprint density at radius 2 is 1.60 bits per heavy atom. The standard InChI is InChI=1S/C33H41NO6/c1-5-27(22-26-15-10-7-11-16-26)32(39-20-12-17-25-13-8-6-9-14-25)24(3)40-33(37)23(2)21-28(35)30-31(36)29(38-4)18-19-34-30/h6-11,13-16,18-19,23-24,27,32,36H,5,12,17,20-22H2,1-4H3/t23-,24+,27-,32+/m1/s1. The van der Waals surface area contributed by atoms with E-state index in [1.165, 1.54) is 30.5 Å². The van der Waals surface area contributed by atoms with Gasteiger partial charge in [-0.3, -0.25) is 9.59 Å². The molecule has 0 fully saturated rings. The van der Waals surface area contributed by atoms with Crippen LogP contribution in [0.5, 0.6) is 11.5 Å². The van der Waals surface area contributed by atoms with E-state index in [0.29, 0.717) is 6.61 Å². The maximum absolute atomic E-state index is 13.1. The Kier molecular flexibility index (Phi) is 12.2. The number of aromatic nitrogens is 1. The SMILES string of the molecule is CC[C@H](Cc1ccccc1)[C@@H](OCCCc1ccccc1)[C@H](C)OC(=O)[C@H](C)CC(=O)c1nccc(OC)c1O. The predicted octanol–water partition coefficient (Wildman–Crippen LogP) is 6.22. The third-order valence-corrected chi connectivity index (χ3v) is 7.12. The van der Waals surface area contributed by atoms with E-state index >= 15 is 0 Å². The van der Waals surface area contributed by atoms with Gasteiger partial charge in [0, 0.05) is 25.3 Å². The number of rotatable bonds is 16. The predicted molar refractivity (Wildman–Crippen MR) is 155 cm³/mol. The third kappa shape index (κ3) is 8.91. The van der Waals surface area contributed by atoms with Crippen molar-refractivity contribution >= 4 is 11.8 Å². The van der Waals surface area contributed by atoms with Gasteiger partial charge in [-0.25, -0.2) is 4.98 Å². The number of carbonyl (C=O) groups excluding carboxylic acids is 2. The Bertz CT molecular complexity index is 1200. The Morgan fingerprint density at radius 3 is 2.23 bits per heavy atom. The molecule has 0 saturated heterocycles. The lowest BCUT2D eigenvalue weighted by atomic mass is 9.89. The first-order chi connectivity index (χ1) is 19.3. The van der Waals surface area contributed by atoms with Crippen LogP contribution in [-0.4, -0.2) is 47.8 Å². The first kappa shape index (κ1) is 30.8. The summed E-state index contributed by atoms with van der Waals surface area (Å²) in [6.45, 7) is 6.16. The summed E-state index contributed by atoms with van der Waals surface area (Å²) in [5, 5.41) is 10.3. The summed E-state index contributed by atoms with van der Waals surface area (Å²) in [7, 11) is 1.40. The Hall–Kier alpha value is -3.71. The molecule has 7 heteroatoms. The van der Waals surface area contributed by atoms with Crippen LogP contribution in [-0.2, 0) is 27.1 Å². The zero-order valence-corrected chi connectivity index (χ0v) is 23.9. The van der Waals surface area contributed by atoms with E-state index in [1.54, 1.807) is 6.92 Å². The molecule has 214 valence electrons. The molecule has 0 aliphatic carbocycles. The summed E-state index contributed by atoms with van der Waals surface area (Å²) in [4.78, 5) is 29.9. The van der Waals surface area contributed by atoms with Crippen LogP contribution in [0.1, 0.15) is 61.6 Å². The second-order valence-electron chi connectivity index (χ2n) is 10.2. The van der Waals surface area contributed by atoms with Crippen LogP contribution in [0, 0.1) is 11.8 Å². The minimum atomic E-state index is -0.727. The van der Waals surface area contributed by atoms with E-state index in [0.717, 1.165) is 25.7 Å². The number of carbonyl (C=O) groups is 2. The molecule has 3 rings (SSSR count). The van der Waals surface area contributed by atoms with Crippen molar-refractivity contribution in [1.82, 2.24) is 4.98 Å². The van der Waals surface area contributed by atoms with E-state index in [4.69, 9.17) is 14.2 Å². The van der Waals surface area contributed by atoms with Gasteiger partial charge < -0.3 is 19.3 Å². The van der Waals surface area contributed by atoms with Crippen molar-refractivity contribution in [2.45, 2.75) is 65.1 Å². The minimum absolute atomic E-state index is 0.124. The van der Waals surface area contributed by atoms with Crippen molar-refractivity contribution in [1.29, 1.82) is 0 Å². The van der Waals surface area contributed by atoms with Crippen LogP contribution < -0.4 is 4.74 Å². The third-order valence-electron chi connectivity index (χ3n) is 7.12. The molecule has 40 heavy (non-hydrogen) atoms. The van der Waals surface area contributed by atoms with Gasteiger partial charge in [0.1, 0.15) is 6.10 Å². The number of benzene rings is 2. The van der Waals surface area contributed by atoms with Gasteiger partial charge in [0.05, 0.1) is 19.1 Å². The fraction of sp³-hybridized carbons (Fsp3) is 0.424. The molecule has 0 bridgehead atoms. The summed E-state index contributed by atoms with van der Waals surface area (Å²) in [6, 6.07) is 22.0. The molecule has 0 aliphatic heterocycles. The maximum atomic E-state index is 13.1. The van der Waals surface area contributed by atoms with Crippen molar-refractivity contribution in [3.63, 3.8) is 0 Å². The van der Waals surface area contributed by atoms with Crippen molar-refractivity contribution in [3.8, 4) is 11.5 Å². The Balaban J connectivity index is 1.65. The second kappa shape index (κ2) is 15.8. The fourth-order valence-corrected chi connectivity index (χ4v) is 4.83. The highest BCUT2D eigenvalue weighted by Gasteiger charge is 2.32. The van der Waals surface area contributed by atoms with Crippen LogP contribution in [0.25, 0.3) is 0 Å². The highest BCUT2D eigenvalue weighted by Crippen LogP contribution is 2.29. The number of esters is 1. The molecule has 0 spiro atoms. The summed E-state index contributed by atoms with van der Waals surface area (Å²) >= 11 is 0. The molecule has 0 radical (unpaired) electrons. The highest BCUT2D eigenvalue weighted by atomic mass is 16.6. The molecule has 1 aromatic heterocycles. The summed E-state index contributed by atoms with van der Waals surface area (Å²) in [6.07, 6.45) is 3.83. The molecule has 0 amide bonds. The molecule has 2 aromatic carbocycles. The minimum Gasteiger partial charge on any atom is -0.503 e. The number of pyridine rings is 1. The first-order valence-electron chi connectivity index (χ1n) is 14.0. The van der Waals surface area contributed by atoms with Crippen molar-refractivity contribution in [2.75, 3.05) is 13.7 Å². The Labute approximate surface area is 237 Å². The van der Waals surface area contributed by atoms with Crippen LogP contribution in [0.3, 0.4) is 0 Å². The van der Waals surface area contributed by atoms with E-state index in [1.807, 2.05) is 43.3 Å². The van der Waals surface area contributed by atoms with Gasteiger partial charge in [0.15, 0.2) is 23.0 Å². The molecule has 0 aliphatic rings. The number of Topliss-reactive ketones (excluding diaryl/α,β-unsaturated/α-hetero) is 1. The molecule has 1 heterocycles. The van der Waals surface area contributed by atoms with Crippen LogP contribution in [0.4, 0.5) is 0 Å². The molecular weight excluding hydrogens is 506 g/mol. The normalized spacial score (nSPS) is 14.1. The number of aryl methyl sites for hydroxylation is 1. The molecule has 4 atom stereocenters. The number of aromatic hydroxyl groups is 1. The fourth-order valence-electron chi connectivity index (χ4n) is 4.83. The molecule has 1 N–H and O–H groups in total. The van der Waals surface area contributed by atoms with Gasteiger partial charge in [0.25, 0.3) is 0 Å². The summed E-state index contributed by atoms with van der Waals surface area (Å²) < 4.78 is 17.4. The highest BCUT2D eigenvalue weighted by molar-refractivity contribution is 5.99. The first-order valence-corrected chi connectivity index (χ1v) is 14.0. The maximum Gasteiger partial charge on any atom is 0.309 e. The van der Waals surface area contributed by atoms with Gasteiger partial charge in [-0.15, -0.1) is 0 Å². The number of nitrogens with zero attached hydrogens (tertiary/aromatic N) is 1. The monoisotopic (exact) mass is 547 g/mol. The molecule has 0 saturated carbocycles. The lowest BCUT2D eigenvalue weighted by Crippen LogP contribution is -2.39. The van der Waals surface area contributed by atoms with E-state index in [-0.39, 0.29) is 35.6 Å². The van der Waals surface area contributed by atoms with Gasteiger partial charge >= 0.3 is 5.97 Å². The van der Waals surface area contributed by atoms with Gasteiger partial charge in [-0.2, -0.15) is 0 Å². The number of methoxy groups -OCH3 is 1. The number of ether oxygens (including phenoxy) is 3. The Morgan fingerprint density at radius 1 is 0.950 bits per heavy atom. The second-order valence-corrected chi connectivity index (χ2v) is 10.2. The van der Waals surface area contributed by atoms with E-state index in [9.17, 15) is 14.7 Å². The number of hydrogen-bond acceptors (Lipinski definition) is 7. The summed E-state index contributed by atoms with van der Waals surface area (Å²) in [5.41, 5.74) is 2.34. The van der Waals surface area contributed by atoms with Gasteiger partial charge in [0.2, 0.25) is 0 Å². The van der Waals surface area contributed by atoms with Crippen LogP contribution >= 0.6 is 0 Å². The smallest absolute Gasteiger partial charge is 0.309 e. The van der Waals surface area contributed by atoms with E-state index in [2.05, 4.69) is 36.2 Å².